The average molecular weight is 431 g/mol. The largest absolute Gasteiger partial charge is 0.491 e. The van der Waals surface area contributed by atoms with Crippen molar-refractivity contribution in [1.29, 1.82) is 0 Å². The Bertz CT molecular complexity index is 1060. The predicted octanol–water partition coefficient (Wildman–Crippen LogP) is 4.77. The number of rotatable bonds is 7. The molecule has 0 spiro atoms. The molecule has 1 fully saturated rings. The van der Waals surface area contributed by atoms with Crippen LogP contribution in [0.1, 0.15) is 33.6 Å². The molecule has 1 saturated heterocycles. The van der Waals surface area contributed by atoms with E-state index >= 15 is 0 Å². The van der Waals surface area contributed by atoms with Gasteiger partial charge in [-0.15, -0.1) is 0 Å². The Morgan fingerprint density at radius 3 is 2.50 bits per heavy atom. The van der Waals surface area contributed by atoms with Crippen LogP contribution in [0.4, 0.5) is 11.4 Å². The van der Waals surface area contributed by atoms with Crippen molar-refractivity contribution in [1.82, 2.24) is 0 Å². The minimum atomic E-state index is -0.253. The van der Waals surface area contributed by atoms with Gasteiger partial charge in [-0.05, 0) is 67.4 Å². The number of hydrogen-bond acceptors (Lipinski definition) is 4. The standard InChI is InChI=1S/C26H26N2O4/c1-28(22-9-3-2-4-10-22)26(30)20-7-5-8-21(17-20)27-25(29)19-12-14-23(15-13-19)32-18-24-11-6-16-31-24/h2-5,7-10,12-15,17,24H,6,11,16,18H2,1H3,(H,27,29). The summed E-state index contributed by atoms with van der Waals surface area (Å²) in [6.07, 6.45) is 2.24. The number of carbonyl (C=O) groups excluding carboxylic acids is 2. The van der Waals surface area contributed by atoms with Crippen LogP contribution in [0.25, 0.3) is 0 Å². The molecular weight excluding hydrogens is 404 g/mol. The van der Waals surface area contributed by atoms with Gasteiger partial charge in [0, 0.05) is 36.2 Å². The molecule has 0 saturated carbocycles. The first-order valence-electron chi connectivity index (χ1n) is 10.7. The second kappa shape index (κ2) is 10.1. The summed E-state index contributed by atoms with van der Waals surface area (Å²) in [4.78, 5) is 27.1. The monoisotopic (exact) mass is 430 g/mol. The second-order valence-electron chi connectivity index (χ2n) is 7.71. The van der Waals surface area contributed by atoms with E-state index in [2.05, 4.69) is 5.32 Å². The molecule has 32 heavy (non-hydrogen) atoms. The summed E-state index contributed by atoms with van der Waals surface area (Å²) in [5.41, 5.74) is 2.36. The van der Waals surface area contributed by atoms with Crippen LogP contribution in [-0.4, -0.2) is 38.2 Å². The molecule has 4 rings (SSSR count). The summed E-state index contributed by atoms with van der Waals surface area (Å²) in [7, 11) is 1.73. The number of amides is 2. The minimum Gasteiger partial charge on any atom is -0.491 e. The molecular formula is C26H26N2O4. The molecule has 164 valence electrons. The van der Waals surface area contributed by atoms with E-state index in [0.29, 0.717) is 29.2 Å². The summed E-state index contributed by atoms with van der Waals surface area (Å²) < 4.78 is 11.3. The SMILES string of the molecule is CN(C(=O)c1cccc(NC(=O)c2ccc(OCC3CCCO3)cc2)c1)c1ccccc1. The van der Waals surface area contributed by atoms with E-state index < -0.39 is 0 Å². The van der Waals surface area contributed by atoms with Crippen molar-refractivity contribution in [3.8, 4) is 5.75 Å². The van der Waals surface area contributed by atoms with E-state index in [-0.39, 0.29) is 17.9 Å². The lowest BCUT2D eigenvalue weighted by molar-refractivity contribution is 0.0679. The lowest BCUT2D eigenvalue weighted by Crippen LogP contribution is -2.26. The quantitative estimate of drug-likeness (QED) is 0.586. The number of ether oxygens (including phenoxy) is 2. The van der Waals surface area contributed by atoms with Crippen molar-refractivity contribution < 1.29 is 19.1 Å². The molecule has 1 heterocycles. The zero-order valence-electron chi connectivity index (χ0n) is 18.0. The molecule has 6 nitrogen and oxygen atoms in total. The van der Waals surface area contributed by atoms with Crippen LogP contribution in [0.3, 0.4) is 0 Å². The van der Waals surface area contributed by atoms with Gasteiger partial charge < -0.3 is 19.7 Å². The molecule has 1 aliphatic rings. The molecule has 0 aliphatic carbocycles. The highest BCUT2D eigenvalue weighted by atomic mass is 16.5. The maximum absolute atomic E-state index is 12.8. The summed E-state index contributed by atoms with van der Waals surface area (Å²) in [5, 5.41) is 2.86. The van der Waals surface area contributed by atoms with Gasteiger partial charge >= 0.3 is 0 Å². The van der Waals surface area contributed by atoms with Crippen molar-refractivity contribution in [2.24, 2.45) is 0 Å². The number of nitrogens with zero attached hydrogens (tertiary/aromatic N) is 1. The topological polar surface area (TPSA) is 67.9 Å². The van der Waals surface area contributed by atoms with Gasteiger partial charge in [-0.3, -0.25) is 9.59 Å². The fourth-order valence-electron chi connectivity index (χ4n) is 3.56. The highest BCUT2D eigenvalue weighted by molar-refractivity contribution is 6.08. The summed E-state index contributed by atoms with van der Waals surface area (Å²) in [6.45, 7) is 1.31. The number of para-hydroxylation sites is 1. The van der Waals surface area contributed by atoms with Crippen molar-refractivity contribution in [2.45, 2.75) is 18.9 Å². The van der Waals surface area contributed by atoms with E-state index in [9.17, 15) is 9.59 Å². The minimum absolute atomic E-state index is 0.147. The van der Waals surface area contributed by atoms with Crippen LogP contribution in [-0.2, 0) is 4.74 Å². The molecule has 6 heteroatoms. The van der Waals surface area contributed by atoms with Crippen LogP contribution >= 0.6 is 0 Å². The Morgan fingerprint density at radius 1 is 1.00 bits per heavy atom. The van der Waals surface area contributed by atoms with E-state index in [1.54, 1.807) is 60.5 Å². The maximum atomic E-state index is 12.8. The van der Waals surface area contributed by atoms with E-state index in [1.165, 1.54) is 0 Å². The predicted molar refractivity (Wildman–Crippen MR) is 124 cm³/mol. The van der Waals surface area contributed by atoms with Gasteiger partial charge in [0.2, 0.25) is 0 Å². The Hall–Kier alpha value is -3.64. The van der Waals surface area contributed by atoms with Gasteiger partial charge in [-0.2, -0.15) is 0 Å². The van der Waals surface area contributed by atoms with Crippen LogP contribution in [0, 0.1) is 0 Å². The zero-order chi connectivity index (χ0) is 22.3. The summed E-state index contributed by atoms with van der Waals surface area (Å²) in [6, 6.07) is 23.3. The number of benzene rings is 3. The summed E-state index contributed by atoms with van der Waals surface area (Å²) in [5.74, 6) is 0.297. The third kappa shape index (κ3) is 5.34. The van der Waals surface area contributed by atoms with Crippen molar-refractivity contribution >= 4 is 23.2 Å². The smallest absolute Gasteiger partial charge is 0.258 e. The van der Waals surface area contributed by atoms with Crippen LogP contribution in [0.15, 0.2) is 78.9 Å². The Morgan fingerprint density at radius 2 is 1.78 bits per heavy atom. The van der Waals surface area contributed by atoms with E-state index in [0.717, 1.165) is 25.1 Å². The normalized spacial score (nSPS) is 15.2. The fourth-order valence-corrected chi connectivity index (χ4v) is 3.56. The molecule has 1 N–H and O–H groups in total. The molecule has 1 unspecified atom stereocenters. The zero-order valence-corrected chi connectivity index (χ0v) is 18.0. The van der Waals surface area contributed by atoms with Gasteiger partial charge in [-0.1, -0.05) is 24.3 Å². The molecule has 3 aromatic carbocycles. The van der Waals surface area contributed by atoms with Gasteiger partial charge in [-0.25, -0.2) is 0 Å². The molecule has 1 aliphatic heterocycles. The van der Waals surface area contributed by atoms with Crippen molar-refractivity contribution in [3.63, 3.8) is 0 Å². The fraction of sp³-hybridized carbons (Fsp3) is 0.231. The summed E-state index contributed by atoms with van der Waals surface area (Å²) >= 11 is 0. The number of nitrogens with one attached hydrogen (secondary N) is 1. The first-order chi connectivity index (χ1) is 15.6. The molecule has 0 bridgehead atoms. The maximum Gasteiger partial charge on any atom is 0.258 e. The van der Waals surface area contributed by atoms with Gasteiger partial charge in [0.25, 0.3) is 11.8 Å². The molecule has 2 amide bonds. The number of anilines is 2. The molecule has 1 atom stereocenters. The van der Waals surface area contributed by atoms with E-state index in [1.807, 2.05) is 30.3 Å². The number of carbonyl (C=O) groups is 2. The first-order valence-corrected chi connectivity index (χ1v) is 10.7. The van der Waals surface area contributed by atoms with Crippen molar-refractivity contribution in [2.75, 3.05) is 30.5 Å². The van der Waals surface area contributed by atoms with Crippen LogP contribution in [0.2, 0.25) is 0 Å². The third-order valence-corrected chi connectivity index (χ3v) is 5.39. The van der Waals surface area contributed by atoms with Gasteiger partial charge in [0.05, 0.1) is 6.10 Å². The Balaban J connectivity index is 1.37. The van der Waals surface area contributed by atoms with Gasteiger partial charge in [0.1, 0.15) is 12.4 Å². The van der Waals surface area contributed by atoms with Crippen molar-refractivity contribution in [3.05, 3.63) is 90.0 Å². The lowest BCUT2D eigenvalue weighted by Gasteiger charge is -2.17. The Kier molecular flexibility index (Phi) is 6.82. The Labute approximate surface area is 187 Å². The molecule has 0 aromatic heterocycles. The molecule has 3 aromatic rings. The lowest BCUT2D eigenvalue weighted by atomic mass is 10.1. The van der Waals surface area contributed by atoms with Gasteiger partial charge in [0.15, 0.2) is 0 Å². The second-order valence-corrected chi connectivity index (χ2v) is 7.71. The highest BCUT2D eigenvalue weighted by Crippen LogP contribution is 2.20. The average Bonchev–Trinajstić information content (AvgIpc) is 3.36. The molecule has 0 radical (unpaired) electrons. The highest BCUT2D eigenvalue weighted by Gasteiger charge is 2.17. The first kappa shape index (κ1) is 21.6. The third-order valence-electron chi connectivity index (χ3n) is 5.39. The number of hydrogen-bond donors (Lipinski definition) is 1. The van der Waals surface area contributed by atoms with Crippen LogP contribution < -0.4 is 15.0 Å². The van der Waals surface area contributed by atoms with E-state index in [4.69, 9.17) is 9.47 Å². The van der Waals surface area contributed by atoms with Crippen LogP contribution in [0.5, 0.6) is 5.75 Å².